The number of hydrogen-bond donors (Lipinski definition) is 4. The van der Waals surface area contributed by atoms with Gasteiger partial charge in [-0.25, -0.2) is 4.79 Å². The number of benzene rings is 1. The van der Waals surface area contributed by atoms with E-state index in [1.54, 1.807) is 18.7 Å². The zero-order valence-corrected chi connectivity index (χ0v) is 25.2. The summed E-state index contributed by atoms with van der Waals surface area (Å²) in [4.78, 5) is 40.0. The number of aliphatic hydroxyl groups excluding tert-OH is 1. The van der Waals surface area contributed by atoms with E-state index in [0.717, 1.165) is 44.9 Å². The fraction of sp³-hybridized carbons (Fsp3) is 0.690. The highest BCUT2D eigenvalue weighted by molar-refractivity contribution is 7.54. The Hall–Kier alpha value is -2.46. The molecule has 3 atom stereocenters. The average Bonchev–Trinajstić information content (AvgIpc) is 3.18. The minimum absolute atomic E-state index is 0.00709. The molecule has 1 fully saturated rings. The minimum atomic E-state index is -4.07. The second kappa shape index (κ2) is 16.2. The number of amides is 3. The van der Waals surface area contributed by atoms with Crippen LogP contribution in [-0.2, 0) is 36.0 Å². The molecule has 0 saturated heterocycles. The average molecular weight is 596 g/mol. The van der Waals surface area contributed by atoms with E-state index in [0.29, 0.717) is 19.5 Å². The fourth-order valence-electron chi connectivity index (χ4n) is 5.84. The van der Waals surface area contributed by atoms with Crippen LogP contribution in [0, 0.1) is 5.92 Å². The van der Waals surface area contributed by atoms with Crippen LogP contribution in [0.4, 0.5) is 4.79 Å². The Morgan fingerprint density at radius 1 is 1.00 bits per heavy atom. The Balaban J connectivity index is 1.74. The maximum absolute atomic E-state index is 13.5. The molecule has 1 aliphatic carbocycles. The van der Waals surface area contributed by atoms with E-state index < -0.39 is 37.5 Å². The summed E-state index contributed by atoms with van der Waals surface area (Å²) in [5, 5.41) is 25.6. The Morgan fingerprint density at radius 2 is 1.59 bits per heavy atom. The summed E-state index contributed by atoms with van der Waals surface area (Å²) in [5.74, 6) is -2.33. The molecule has 11 nitrogen and oxygen atoms in total. The first kappa shape index (κ1) is 33.0. The summed E-state index contributed by atoms with van der Waals surface area (Å²) in [6, 6.07) is 5.90. The molecule has 12 heteroatoms. The van der Waals surface area contributed by atoms with Crippen LogP contribution in [0.3, 0.4) is 0 Å². The first-order valence-corrected chi connectivity index (χ1v) is 16.5. The largest absolute Gasteiger partial charge is 0.465 e. The van der Waals surface area contributed by atoms with Crippen molar-refractivity contribution < 1.29 is 38.2 Å². The maximum atomic E-state index is 13.5. The standard InChI is InChI=1S/C29H46N3O8P/c1-3-39-41(38,40-4-2)28(35)24(30-27(34)25(31-29(36)37)20-21-10-6-5-7-11-21)14-15-26(33)32-18-16-22-12-8-9-13-23(22)17-19-32/h8-9,12-13,21,24-25,28,31,35H,3-7,10-11,14-20H2,1-2H3,(H,30,34)(H,36,37)/t24-,25-,28?/m0/s1. The summed E-state index contributed by atoms with van der Waals surface area (Å²) in [6.45, 7) is 4.35. The van der Waals surface area contributed by atoms with Crippen LogP contribution in [-0.4, -0.2) is 77.3 Å². The monoisotopic (exact) mass is 595 g/mol. The van der Waals surface area contributed by atoms with Crippen molar-refractivity contribution in [2.45, 2.75) is 96.0 Å². The topological polar surface area (TPSA) is 154 Å². The van der Waals surface area contributed by atoms with Gasteiger partial charge in [0, 0.05) is 19.5 Å². The summed E-state index contributed by atoms with van der Waals surface area (Å²) in [6.07, 6.45) is 5.42. The fourth-order valence-corrected chi connectivity index (χ4v) is 7.60. The van der Waals surface area contributed by atoms with Gasteiger partial charge in [0.2, 0.25) is 11.8 Å². The lowest BCUT2D eigenvalue weighted by Crippen LogP contribution is -2.53. The van der Waals surface area contributed by atoms with E-state index in [1.807, 2.05) is 12.1 Å². The third-order valence-electron chi connectivity index (χ3n) is 7.98. The van der Waals surface area contributed by atoms with Crippen LogP contribution >= 0.6 is 7.60 Å². The summed E-state index contributed by atoms with van der Waals surface area (Å²) < 4.78 is 24.2. The van der Waals surface area contributed by atoms with Crippen LogP contribution in [0.5, 0.6) is 0 Å². The summed E-state index contributed by atoms with van der Waals surface area (Å²) >= 11 is 0. The van der Waals surface area contributed by atoms with Crippen molar-refractivity contribution >= 4 is 25.5 Å². The van der Waals surface area contributed by atoms with Gasteiger partial charge in [-0.3, -0.25) is 14.2 Å². The van der Waals surface area contributed by atoms with Crippen molar-refractivity contribution in [1.29, 1.82) is 0 Å². The van der Waals surface area contributed by atoms with Gasteiger partial charge in [-0.2, -0.15) is 0 Å². The van der Waals surface area contributed by atoms with Crippen molar-refractivity contribution in [2.24, 2.45) is 5.92 Å². The zero-order valence-electron chi connectivity index (χ0n) is 24.3. The Morgan fingerprint density at radius 3 is 2.12 bits per heavy atom. The second-order valence-corrected chi connectivity index (χ2v) is 13.0. The van der Waals surface area contributed by atoms with Gasteiger partial charge in [-0.05, 0) is 56.6 Å². The SMILES string of the molecule is CCOP(=O)(OCC)C(O)[C@H](CCC(=O)N1CCc2ccccc2CC1)NC(=O)[C@H](CC1CCCCC1)NC(=O)O. The lowest BCUT2D eigenvalue weighted by Gasteiger charge is -2.32. The predicted octanol–water partition coefficient (Wildman–Crippen LogP) is 4.07. The first-order valence-electron chi connectivity index (χ1n) is 14.9. The number of nitrogens with zero attached hydrogens (tertiary/aromatic N) is 1. The van der Waals surface area contributed by atoms with Crippen LogP contribution in [0.2, 0.25) is 0 Å². The molecule has 3 amide bonds. The van der Waals surface area contributed by atoms with Crippen molar-refractivity contribution in [1.82, 2.24) is 15.5 Å². The second-order valence-electron chi connectivity index (χ2n) is 10.8. The van der Waals surface area contributed by atoms with E-state index in [2.05, 4.69) is 22.8 Å². The molecule has 4 N–H and O–H groups in total. The smallest absolute Gasteiger partial charge is 0.405 e. The summed E-state index contributed by atoms with van der Waals surface area (Å²) in [5.41, 5.74) is 2.43. The molecule has 0 bridgehead atoms. The molecular formula is C29H46N3O8P. The third-order valence-corrected chi connectivity index (χ3v) is 10.2. The first-order chi connectivity index (χ1) is 19.7. The third kappa shape index (κ3) is 9.81. The Bertz CT molecular complexity index is 1030. The van der Waals surface area contributed by atoms with Gasteiger partial charge in [0.05, 0.1) is 19.3 Å². The van der Waals surface area contributed by atoms with Gasteiger partial charge in [-0.1, -0.05) is 56.4 Å². The molecule has 1 unspecified atom stereocenters. The van der Waals surface area contributed by atoms with Crippen LogP contribution < -0.4 is 10.6 Å². The molecule has 1 heterocycles. The molecule has 41 heavy (non-hydrogen) atoms. The van der Waals surface area contributed by atoms with Crippen molar-refractivity contribution in [3.63, 3.8) is 0 Å². The van der Waals surface area contributed by atoms with Gasteiger partial charge in [0.15, 0.2) is 5.85 Å². The van der Waals surface area contributed by atoms with E-state index in [4.69, 9.17) is 9.05 Å². The molecule has 1 aromatic carbocycles. The Kier molecular flexibility index (Phi) is 13.1. The van der Waals surface area contributed by atoms with E-state index in [-0.39, 0.29) is 37.9 Å². The Labute approximate surface area is 242 Å². The van der Waals surface area contributed by atoms with Crippen molar-refractivity contribution in [3.8, 4) is 0 Å². The highest BCUT2D eigenvalue weighted by Gasteiger charge is 2.42. The van der Waals surface area contributed by atoms with E-state index in [1.165, 1.54) is 11.1 Å². The lowest BCUT2D eigenvalue weighted by molar-refractivity contribution is -0.132. The number of hydrogen-bond acceptors (Lipinski definition) is 7. The summed E-state index contributed by atoms with van der Waals surface area (Å²) in [7, 11) is -4.07. The molecule has 0 aromatic heterocycles. The molecule has 0 radical (unpaired) electrons. The van der Waals surface area contributed by atoms with Gasteiger partial charge >= 0.3 is 13.7 Å². The van der Waals surface area contributed by atoms with Crippen LogP contribution in [0.15, 0.2) is 24.3 Å². The number of nitrogens with one attached hydrogen (secondary N) is 2. The number of carbonyl (C=O) groups excluding carboxylic acids is 2. The molecule has 230 valence electrons. The number of carboxylic acid groups (broad SMARTS) is 1. The maximum Gasteiger partial charge on any atom is 0.405 e. The molecule has 2 aliphatic rings. The van der Waals surface area contributed by atoms with E-state index in [9.17, 15) is 29.2 Å². The van der Waals surface area contributed by atoms with Gasteiger partial charge in [0.25, 0.3) is 0 Å². The predicted molar refractivity (Wildman–Crippen MR) is 155 cm³/mol. The van der Waals surface area contributed by atoms with Gasteiger partial charge in [-0.15, -0.1) is 0 Å². The van der Waals surface area contributed by atoms with E-state index >= 15 is 0 Å². The molecule has 3 rings (SSSR count). The van der Waals surface area contributed by atoms with Gasteiger partial charge < -0.3 is 34.8 Å². The molecule has 1 aromatic rings. The molecular weight excluding hydrogens is 549 g/mol. The number of fused-ring (bicyclic) bond motifs is 1. The number of rotatable bonds is 14. The molecule has 1 saturated carbocycles. The van der Waals surface area contributed by atoms with Crippen molar-refractivity contribution in [2.75, 3.05) is 26.3 Å². The van der Waals surface area contributed by atoms with Crippen LogP contribution in [0.1, 0.15) is 76.3 Å². The quantitative estimate of drug-likeness (QED) is 0.235. The van der Waals surface area contributed by atoms with Crippen molar-refractivity contribution in [3.05, 3.63) is 35.4 Å². The number of carbonyl (C=O) groups is 3. The van der Waals surface area contributed by atoms with Gasteiger partial charge in [0.1, 0.15) is 6.04 Å². The molecule has 1 aliphatic heterocycles. The highest BCUT2D eigenvalue weighted by atomic mass is 31.2. The zero-order chi connectivity index (χ0) is 29.8. The van der Waals surface area contributed by atoms with Crippen LogP contribution in [0.25, 0.3) is 0 Å². The molecule has 0 spiro atoms. The number of aliphatic hydroxyl groups is 1. The highest BCUT2D eigenvalue weighted by Crippen LogP contribution is 2.53. The minimum Gasteiger partial charge on any atom is -0.465 e. The normalized spacial score (nSPS) is 18.5. The lowest BCUT2D eigenvalue weighted by atomic mass is 9.84.